The van der Waals surface area contributed by atoms with Crippen LogP contribution in [0, 0.1) is 13.8 Å². The van der Waals surface area contributed by atoms with Crippen LogP contribution in [0.15, 0.2) is 42.5 Å². The van der Waals surface area contributed by atoms with Crippen molar-refractivity contribution in [3.63, 3.8) is 0 Å². The van der Waals surface area contributed by atoms with Gasteiger partial charge in [0.2, 0.25) is 5.91 Å². The van der Waals surface area contributed by atoms with Crippen molar-refractivity contribution in [2.45, 2.75) is 20.3 Å². The summed E-state index contributed by atoms with van der Waals surface area (Å²) in [6, 6.07) is 12.7. The third kappa shape index (κ3) is 6.88. The number of rotatable bonds is 5. The number of amides is 2. The van der Waals surface area contributed by atoms with E-state index in [-0.39, 0.29) is 24.0 Å². The van der Waals surface area contributed by atoms with Gasteiger partial charge in [-0.25, -0.2) is 0 Å². The second kappa shape index (κ2) is 9.89. The molecule has 0 aliphatic rings. The molecule has 6 nitrogen and oxygen atoms in total. The van der Waals surface area contributed by atoms with Crippen LogP contribution in [0.2, 0.25) is 5.02 Å². The highest BCUT2D eigenvalue weighted by Gasteiger charge is 2.09. The number of hydrogen-bond acceptors (Lipinski definition) is 4. The molecule has 2 rings (SSSR count). The van der Waals surface area contributed by atoms with Gasteiger partial charge >= 0.3 is 0 Å². The number of hydrogen-bond donors (Lipinski definition) is 3. The molecule has 0 aliphatic carbocycles. The molecule has 8 heteroatoms. The number of nitrogens with one attached hydrogen (secondary N) is 3. The summed E-state index contributed by atoms with van der Waals surface area (Å²) < 4.78 is 5.54. The van der Waals surface area contributed by atoms with Gasteiger partial charge in [0.25, 0.3) is 5.91 Å². The maximum absolute atomic E-state index is 11.9. The minimum absolute atomic E-state index is 0.00520. The van der Waals surface area contributed by atoms with Gasteiger partial charge < -0.3 is 10.1 Å². The second-order valence-electron chi connectivity index (χ2n) is 5.86. The van der Waals surface area contributed by atoms with Gasteiger partial charge in [-0.1, -0.05) is 41.9 Å². The topological polar surface area (TPSA) is 79.5 Å². The van der Waals surface area contributed by atoms with Gasteiger partial charge in [-0.15, -0.1) is 0 Å². The van der Waals surface area contributed by atoms with Gasteiger partial charge in [0, 0.05) is 5.02 Å². The summed E-state index contributed by atoms with van der Waals surface area (Å²) in [6.07, 6.45) is 0.141. The highest BCUT2D eigenvalue weighted by atomic mass is 35.5. The molecule has 0 saturated carbocycles. The zero-order valence-electron chi connectivity index (χ0n) is 15.0. The van der Waals surface area contributed by atoms with E-state index in [9.17, 15) is 9.59 Å². The van der Waals surface area contributed by atoms with E-state index in [1.165, 1.54) is 0 Å². The van der Waals surface area contributed by atoms with Gasteiger partial charge in [0.1, 0.15) is 5.75 Å². The van der Waals surface area contributed by atoms with Crippen molar-refractivity contribution in [2.75, 3.05) is 6.61 Å². The predicted octanol–water partition coefficient (Wildman–Crippen LogP) is 2.60. The fraction of sp³-hybridized carbons (Fsp3) is 0.211. The molecular weight excluding hydrogens is 386 g/mol. The molecule has 2 aromatic rings. The number of carbonyl (C=O) groups is 2. The van der Waals surface area contributed by atoms with Crippen molar-refractivity contribution < 1.29 is 14.3 Å². The molecule has 142 valence electrons. The zero-order valence-corrected chi connectivity index (χ0v) is 16.5. The summed E-state index contributed by atoms with van der Waals surface area (Å²) in [4.78, 5) is 23.8. The number of aryl methyl sites for hydroxylation is 2. The average Bonchev–Trinajstić information content (AvgIpc) is 2.61. The molecule has 0 aliphatic heterocycles. The molecule has 0 spiro atoms. The van der Waals surface area contributed by atoms with Crippen LogP contribution >= 0.6 is 23.8 Å². The fourth-order valence-corrected chi connectivity index (χ4v) is 2.61. The minimum Gasteiger partial charge on any atom is -0.483 e. The Morgan fingerprint density at radius 2 is 1.63 bits per heavy atom. The molecule has 2 amide bonds. The molecular formula is C19H20ClN3O3S. The number of para-hydroxylation sites is 1. The van der Waals surface area contributed by atoms with Gasteiger partial charge in [0.15, 0.2) is 11.7 Å². The molecule has 2 aromatic carbocycles. The number of thiocarbonyl (C=S) groups is 1. The van der Waals surface area contributed by atoms with Crippen LogP contribution in [0.5, 0.6) is 5.75 Å². The standard InChI is InChI=1S/C19H20ClN3O3S/c1-12-4-3-5-13(2)18(12)26-11-17(25)22-23-19(27)21-16(24)10-14-6-8-15(20)9-7-14/h3-9H,10-11H2,1-2H3,(H,22,25)(H2,21,23,24,27). The molecule has 0 heterocycles. The van der Waals surface area contributed by atoms with Crippen molar-refractivity contribution in [3.8, 4) is 5.75 Å². The smallest absolute Gasteiger partial charge is 0.276 e. The van der Waals surface area contributed by atoms with Gasteiger partial charge in [-0.3, -0.25) is 20.4 Å². The Morgan fingerprint density at radius 3 is 2.26 bits per heavy atom. The summed E-state index contributed by atoms with van der Waals surface area (Å²) in [5.74, 6) is -0.0608. The van der Waals surface area contributed by atoms with Crippen LogP contribution in [-0.2, 0) is 16.0 Å². The molecule has 0 radical (unpaired) electrons. The Kier molecular flexibility index (Phi) is 7.57. The largest absolute Gasteiger partial charge is 0.483 e. The highest BCUT2D eigenvalue weighted by Crippen LogP contribution is 2.21. The van der Waals surface area contributed by atoms with Gasteiger partial charge in [0.05, 0.1) is 6.42 Å². The molecule has 0 saturated heterocycles. The third-order valence-corrected chi connectivity index (χ3v) is 4.06. The first-order valence-electron chi connectivity index (χ1n) is 8.17. The monoisotopic (exact) mass is 405 g/mol. The number of carbonyl (C=O) groups excluding carboxylic acids is 2. The molecule has 3 N–H and O–H groups in total. The van der Waals surface area contributed by atoms with E-state index >= 15 is 0 Å². The Morgan fingerprint density at radius 1 is 1.00 bits per heavy atom. The van der Waals surface area contributed by atoms with Crippen LogP contribution < -0.4 is 20.9 Å². The number of halogens is 1. The quantitative estimate of drug-likeness (QED) is 0.526. The lowest BCUT2D eigenvalue weighted by molar-refractivity contribution is -0.124. The van der Waals surface area contributed by atoms with Crippen molar-refractivity contribution >= 4 is 40.7 Å². The Hall–Kier alpha value is -2.64. The molecule has 0 aromatic heterocycles. The van der Waals surface area contributed by atoms with E-state index in [2.05, 4.69) is 16.2 Å². The third-order valence-electron chi connectivity index (χ3n) is 3.60. The minimum atomic E-state index is -0.424. The lowest BCUT2D eigenvalue weighted by Gasteiger charge is -2.13. The maximum atomic E-state index is 11.9. The second-order valence-corrected chi connectivity index (χ2v) is 6.71. The van der Waals surface area contributed by atoms with Crippen molar-refractivity contribution in [1.29, 1.82) is 0 Å². The summed E-state index contributed by atoms with van der Waals surface area (Å²) in [6.45, 7) is 3.63. The SMILES string of the molecule is Cc1cccc(C)c1OCC(=O)NNC(=S)NC(=O)Cc1ccc(Cl)cc1. The van der Waals surface area contributed by atoms with Crippen molar-refractivity contribution in [1.82, 2.24) is 16.2 Å². The molecule has 0 bridgehead atoms. The molecule has 0 atom stereocenters. The van der Waals surface area contributed by atoms with E-state index in [0.717, 1.165) is 16.7 Å². The van der Waals surface area contributed by atoms with E-state index in [4.69, 9.17) is 28.6 Å². The predicted molar refractivity (Wildman–Crippen MR) is 109 cm³/mol. The lowest BCUT2D eigenvalue weighted by atomic mass is 10.1. The number of benzene rings is 2. The first kappa shape index (κ1) is 20.7. The fourth-order valence-electron chi connectivity index (χ4n) is 2.32. The van der Waals surface area contributed by atoms with E-state index in [1.54, 1.807) is 24.3 Å². The Bertz CT molecular complexity index is 820. The highest BCUT2D eigenvalue weighted by molar-refractivity contribution is 7.80. The number of hydrazine groups is 1. The summed E-state index contributed by atoms with van der Waals surface area (Å²) >= 11 is 10.8. The molecule has 0 fully saturated rings. The number of ether oxygens (including phenoxy) is 1. The van der Waals surface area contributed by atoms with Gasteiger partial charge in [-0.05, 0) is 54.9 Å². The van der Waals surface area contributed by atoms with E-state index in [0.29, 0.717) is 10.8 Å². The van der Waals surface area contributed by atoms with Crippen LogP contribution in [-0.4, -0.2) is 23.5 Å². The van der Waals surface area contributed by atoms with E-state index < -0.39 is 5.91 Å². The first-order valence-corrected chi connectivity index (χ1v) is 8.96. The van der Waals surface area contributed by atoms with Gasteiger partial charge in [-0.2, -0.15) is 0 Å². The average molecular weight is 406 g/mol. The van der Waals surface area contributed by atoms with Crippen LogP contribution in [0.4, 0.5) is 0 Å². The van der Waals surface area contributed by atoms with Crippen LogP contribution in [0.3, 0.4) is 0 Å². The summed E-state index contributed by atoms with van der Waals surface area (Å²) in [5.41, 5.74) is 7.54. The van der Waals surface area contributed by atoms with Crippen molar-refractivity contribution in [3.05, 3.63) is 64.2 Å². The Labute approximate surface area is 168 Å². The summed E-state index contributed by atoms with van der Waals surface area (Å²) in [5, 5.41) is 3.08. The molecule has 0 unspecified atom stereocenters. The zero-order chi connectivity index (χ0) is 19.8. The Balaban J connectivity index is 1.72. The van der Waals surface area contributed by atoms with Crippen molar-refractivity contribution in [2.24, 2.45) is 0 Å². The maximum Gasteiger partial charge on any atom is 0.276 e. The first-order chi connectivity index (χ1) is 12.8. The van der Waals surface area contributed by atoms with E-state index in [1.807, 2.05) is 32.0 Å². The lowest BCUT2D eigenvalue weighted by Crippen LogP contribution is -2.50. The normalized spacial score (nSPS) is 10.0. The van der Waals surface area contributed by atoms with Crippen LogP contribution in [0.1, 0.15) is 16.7 Å². The molecule has 27 heavy (non-hydrogen) atoms. The summed E-state index contributed by atoms with van der Waals surface area (Å²) in [7, 11) is 0. The van der Waals surface area contributed by atoms with Crippen LogP contribution in [0.25, 0.3) is 0 Å².